The van der Waals surface area contributed by atoms with Crippen LogP contribution in [0.25, 0.3) is 0 Å². The van der Waals surface area contributed by atoms with E-state index in [9.17, 15) is 20.2 Å². The Labute approximate surface area is 140 Å². The zero-order valence-electron chi connectivity index (χ0n) is 13.5. The van der Waals surface area contributed by atoms with Crippen LogP contribution >= 0.6 is 0 Å². The number of likely N-dealkylation sites (tertiary alicyclic amines) is 1. The van der Waals surface area contributed by atoms with Gasteiger partial charge in [0.2, 0.25) is 0 Å². The van der Waals surface area contributed by atoms with Crippen LogP contribution in [-0.2, 0) is 0 Å². The van der Waals surface area contributed by atoms with Crippen molar-refractivity contribution in [1.29, 1.82) is 5.26 Å². The van der Waals surface area contributed by atoms with Gasteiger partial charge in [0.1, 0.15) is 18.4 Å². The zero-order valence-corrected chi connectivity index (χ0v) is 13.5. The van der Waals surface area contributed by atoms with E-state index in [1.807, 2.05) is 13.0 Å². The van der Waals surface area contributed by atoms with Gasteiger partial charge in [0.15, 0.2) is 5.56 Å². The monoisotopic (exact) mass is 332 g/mol. The Morgan fingerprint density at radius 1 is 1.54 bits per heavy atom. The molecule has 0 radical (unpaired) electrons. The molecular formula is C16H20N4O4. The minimum atomic E-state index is -0.604. The predicted molar refractivity (Wildman–Crippen MR) is 86.7 cm³/mol. The number of nitro benzene ring substituents is 1. The Bertz CT molecular complexity index is 656. The standard InChI is InChI=1S/C16H20N4O4/c1-2-18-16(21)19-9-4-3-6-12(19)11-24-15-8-5-7-14(20(22)23)13(15)10-17/h5,7-8,12H,2-4,6,9,11H2,1H3,(H,18,21). The number of nitrogens with zero attached hydrogens (tertiary/aromatic N) is 3. The second-order valence-corrected chi connectivity index (χ2v) is 5.51. The van der Waals surface area contributed by atoms with Gasteiger partial charge in [0, 0.05) is 19.2 Å². The molecule has 0 aromatic heterocycles. The quantitative estimate of drug-likeness (QED) is 0.658. The van der Waals surface area contributed by atoms with Crippen molar-refractivity contribution in [2.45, 2.75) is 32.2 Å². The van der Waals surface area contributed by atoms with E-state index >= 15 is 0 Å². The van der Waals surface area contributed by atoms with Crippen LogP contribution in [0, 0.1) is 21.4 Å². The number of ether oxygens (including phenoxy) is 1. The van der Waals surface area contributed by atoms with E-state index in [-0.39, 0.29) is 35.7 Å². The molecule has 1 N–H and O–H groups in total. The highest BCUT2D eigenvalue weighted by Crippen LogP contribution is 2.28. The molecular weight excluding hydrogens is 312 g/mol. The van der Waals surface area contributed by atoms with Gasteiger partial charge in [-0.2, -0.15) is 5.26 Å². The SMILES string of the molecule is CCNC(=O)N1CCCCC1COc1cccc([N+](=O)[O-])c1C#N. The Morgan fingerprint density at radius 2 is 2.33 bits per heavy atom. The maximum Gasteiger partial charge on any atom is 0.317 e. The lowest BCUT2D eigenvalue weighted by Crippen LogP contribution is -2.50. The van der Waals surface area contributed by atoms with Gasteiger partial charge >= 0.3 is 6.03 Å². The van der Waals surface area contributed by atoms with Crippen LogP contribution in [0.1, 0.15) is 31.7 Å². The number of nitriles is 1. The Balaban J connectivity index is 2.12. The van der Waals surface area contributed by atoms with E-state index < -0.39 is 4.92 Å². The first-order chi connectivity index (χ1) is 11.6. The summed E-state index contributed by atoms with van der Waals surface area (Å²) in [4.78, 5) is 24.2. The van der Waals surface area contributed by atoms with Crippen molar-refractivity contribution in [1.82, 2.24) is 10.2 Å². The summed E-state index contributed by atoms with van der Waals surface area (Å²) in [6, 6.07) is 5.87. The molecule has 8 heteroatoms. The van der Waals surface area contributed by atoms with Gasteiger partial charge in [-0.25, -0.2) is 4.79 Å². The largest absolute Gasteiger partial charge is 0.490 e. The Hall–Kier alpha value is -2.82. The normalized spacial score (nSPS) is 17.0. The maximum atomic E-state index is 12.1. The first kappa shape index (κ1) is 17.5. The van der Waals surface area contributed by atoms with Crippen molar-refractivity contribution in [3.8, 4) is 11.8 Å². The molecule has 0 saturated carbocycles. The molecule has 0 spiro atoms. The van der Waals surface area contributed by atoms with E-state index in [0.29, 0.717) is 13.1 Å². The van der Waals surface area contributed by atoms with Gasteiger partial charge in [0.25, 0.3) is 5.69 Å². The molecule has 1 unspecified atom stereocenters. The van der Waals surface area contributed by atoms with Crippen molar-refractivity contribution in [3.63, 3.8) is 0 Å². The third-order valence-corrected chi connectivity index (χ3v) is 3.96. The summed E-state index contributed by atoms with van der Waals surface area (Å²) in [6.45, 7) is 3.26. The summed E-state index contributed by atoms with van der Waals surface area (Å²) in [6.07, 6.45) is 2.73. The number of nitro groups is 1. The van der Waals surface area contributed by atoms with Gasteiger partial charge in [-0.3, -0.25) is 10.1 Å². The number of carbonyl (C=O) groups is 1. The van der Waals surface area contributed by atoms with Crippen LogP contribution < -0.4 is 10.1 Å². The molecule has 24 heavy (non-hydrogen) atoms. The molecule has 1 aliphatic rings. The first-order valence-electron chi connectivity index (χ1n) is 7.93. The lowest BCUT2D eigenvalue weighted by atomic mass is 10.0. The van der Waals surface area contributed by atoms with Gasteiger partial charge < -0.3 is 15.0 Å². The summed E-state index contributed by atoms with van der Waals surface area (Å²) in [7, 11) is 0. The van der Waals surface area contributed by atoms with E-state index in [1.54, 1.807) is 4.90 Å². The fraction of sp³-hybridized carbons (Fsp3) is 0.500. The van der Waals surface area contributed by atoms with Crippen LogP contribution in [0.4, 0.5) is 10.5 Å². The predicted octanol–water partition coefficient (Wildman–Crippen LogP) is 2.43. The van der Waals surface area contributed by atoms with Crippen molar-refractivity contribution in [2.75, 3.05) is 19.7 Å². The number of carbonyl (C=O) groups excluding carboxylic acids is 1. The van der Waals surface area contributed by atoms with Crippen LogP contribution in [-0.4, -0.2) is 41.6 Å². The highest BCUT2D eigenvalue weighted by atomic mass is 16.6. The van der Waals surface area contributed by atoms with Gasteiger partial charge in [0.05, 0.1) is 11.0 Å². The lowest BCUT2D eigenvalue weighted by Gasteiger charge is -2.35. The molecule has 1 saturated heterocycles. The minimum Gasteiger partial charge on any atom is -0.490 e. The Kier molecular flexibility index (Phi) is 5.95. The average molecular weight is 332 g/mol. The smallest absolute Gasteiger partial charge is 0.317 e. The number of rotatable bonds is 5. The average Bonchev–Trinajstić information content (AvgIpc) is 2.59. The molecule has 0 bridgehead atoms. The molecule has 1 aliphatic heterocycles. The fourth-order valence-corrected chi connectivity index (χ4v) is 2.78. The summed E-state index contributed by atoms with van der Waals surface area (Å²) >= 11 is 0. The number of urea groups is 1. The number of amides is 2. The molecule has 8 nitrogen and oxygen atoms in total. The first-order valence-corrected chi connectivity index (χ1v) is 7.93. The van der Waals surface area contributed by atoms with E-state index in [0.717, 1.165) is 19.3 Å². The van der Waals surface area contributed by atoms with E-state index in [1.165, 1.54) is 18.2 Å². The van der Waals surface area contributed by atoms with Crippen molar-refractivity contribution < 1.29 is 14.5 Å². The molecule has 1 heterocycles. The molecule has 1 aromatic rings. The fourth-order valence-electron chi connectivity index (χ4n) is 2.78. The molecule has 128 valence electrons. The summed E-state index contributed by atoms with van der Waals surface area (Å²) < 4.78 is 5.67. The molecule has 1 fully saturated rings. The van der Waals surface area contributed by atoms with Crippen molar-refractivity contribution in [2.24, 2.45) is 0 Å². The Morgan fingerprint density at radius 3 is 3.00 bits per heavy atom. The summed E-state index contributed by atoms with van der Waals surface area (Å²) in [5.41, 5.74) is -0.373. The van der Waals surface area contributed by atoms with Crippen LogP contribution in [0.5, 0.6) is 5.75 Å². The van der Waals surface area contributed by atoms with Crippen molar-refractivity contribution in [3.05, 3.63) is 33.9 Å². The van der Waals surface area contributed by atoms with Gasteiger partial charge in [-0.15, -0.1) is 0 Å². The molecule has 1 atom stereocenters. The molecule has 0 aliphatic carbocycles. The zero-order chi connectivity index (χ0) is 17.5. The maximum absolute atomic E-state index is 12.1. The van der Waals surface area contributed by atoms with Crippen molar-refractivity contribution >= 4 is 11.7 Å². The molecule has 2 rings (SSSR count). The number of hydrogen-bond acceptors (Lipinski definition) is 5. The highest BCUT2D eigenvalue weighted by Gasteiger charge is 2.27. The second-order valence-electron chi connectivity index (χ2n) is 5.51. The summed E-state index contributed by atoms with van der Waals surface area (Å²) in [5.74, 6) is 0.174. The number of benzene rings is 1. The van der Waals surface area contributed by atoms with E-state index in [2.05, 4.69) is 5.32 Å². The lowest BCUT2D eigenvalue weighted by molar-refractivity contribution is -0.385. The van der Waals surface area contributed by atoms with Crippen LogP contribution in [0.2, 0.25) is 0 Å². The second kappa shape index (κ2) is 8.15. The number of nitrogens with one attached hydrogen (secondary N) is 1. The van der Waals surface area contributed by atoms with Crippen LogP contribution in [0.3, 0.4) is 0 Å². The number of hydrogen-bond donors (Lipinski definition) is 1. The summed E-state index contributed by atoms with van der Waals surface area (Å²) in [5, 5.41) is 23.0. The van der Waals surface area contributed by atoms with Gasteiger partial charge in [-0.1, -0.05) is 6.07 Å². The topological polar surface area (TPSA) is 108 Å². The van der Waals surface area contributed by atoms with Crippen LogP contribution in [0.15, 0.2) is 18.2 Å². The molecule has 2 amide bonds. The third-order valence-electron chi connectivity index (χ3n) is 3.96. The third kappa shape index (κ3) is 3.93. The van der Waals surface area contributed by atoms with Gasteiger partial charge in [-0.05, 0) is 32.3 Å². The highest BCUT2D eigenvalue weighted by molar-refractivity contribution is 5.74. The number of piperidine rings is 1. The van der Waals surface area contributed by atoms with E-state index in [4.69, 9.17) is 4.74 Å². The molecule has 1 aromatic carbocycles. The minimum absolute atomic E-state index is 0.0946.